The molecule has 1 aliphatic heterocycles. The summed E-state index contributed by atoms with van der Waals surface area (Å²) in [5, 5.41) is 0. The molecule has 22 heavy (non-hydrogen) atoms. The van der Waals surface area contributed by atoms with Gasteiger partial charge in [0.25, 0.3) is 0 Å². The maximum atomic E-state index is 11.2. The van der Waals surface area contributed by atoms with Crippen LogP contribution in [0.25, 0.3) is 4.72 Å². The van der Waals surface area contributed by atoms with Gasteiger partial charge < -0.3 is 24.3 Å². The number of hydrogen-bond acceptors (Lipinski definition) is 4. The predicted octanol–water partition coefficient (Wildman–Crippen LogP) is 3.74. The van der Waals surface area contributed by atoms with Crippen molar-refractivity contribution >= 4 is 21.6 Å². The predicted molar refractivity (Wildman–Crippen MR) is 90.4 cm³/mol. The fraction of sp³-hybridized carbons (Fsp3) is 0.400. The zero-order valence-electron chi connectivity index (χ0n) is 14.0. The zero-order valence-corrected chi connectivity index (χ0v) is 16.1. The van der Waals surface area contributed by atoms with Crippen molar-refractivity contribution in [3.05, 3.63) is 49.4 Å². The number of rotatable bonds is 3. The second kappa shape index (κ2) is 11.5. The number of hydrogen-bond donors (Lipinski definition) is 0. The van der Waals surface area contributed by atoms with Crippen LogP contribution in [0.1, 0.15) is 26.3 Å². The molecule has 0 bridgehead atoms. The molecule has 0 aromatic heterocycles. The minimum Gasteiger partial charge on any atom is -0.576 e. The van der Waals surface area contributed by atoms with Crippen LogP contribution >= 0.6 is 0 Å². The standard InChI is InChI=1S/C11H13N2O3S.C2H6.2CH3.Cr/c1-8-7-16-11(12-8)9-5-3-4-6-10(9)13-17(2,14)15;1-2;;;/h3-6,8H,7H2,1-2H3;1-2H3;2*1H3;/q-1;;2*-1;+3. The van der Waals surface area contributed by atoms with Crippen molar-refractivity contribution in [2.24, 2.45) is 4.99 Å². The van der Waals surface area contributed by atoms with Gasteiger partial charge in [-0.1, -0.05) is 38.1 Å². The Morgan fingerprint density at radius 3 is 2.23 bits per heavy atom. The van der Waals surface area contributed by atoms with E-state index in [1.807, 2.05) is 20.8 Å². The third-order valence-corrected chi connectivity index (χ3v) is 2.73. The molecule has 0 saturated heterocycles. The van der Waals surface area contributed by atoms with E-state index < -0.39 is 10.0 Å². The summed E-state index contributed by atoms with van der Waals surface area (Å²) in [6.45, 7) is 6.45. The minimum atomic E-state index is -3.43. The Hall–Kier alpha value is -1.03. The normalized spacial score (nSPS) is 15.5. The molecule has 1 aromatic rings. The van der Waals surface area contributed by atoms with Crippen molar-refractivity contribution < 1.29 is 30.5 Å². The van der Waals surface area contributed by atoms with Gasteiger partial charge in [0.15, 0.2) is 0 Å². The van der Waals surface area contributed by atoms with Crippen molar-refractivity contribution in [1.82, 2.24) is 0 Å². The number of aliphatic imine (C=N–C) groups is 1. The molecule has 1 radical (unpaired) electrons. The van der Waals surface area contributed by atoms with E-state index in [0.29, 0.717) is 23.8 Å². The molecule has 5 nitrogen and oxygen atoms in total. The Balaban J connectivity index is -0.000000693. The van der Waals surface area contributed by atoms with Crippen LogP contribution in [-0.4, -0.2) is 33.2 Å². The topological polar surface area (TPSA) is 69.8 Å². The summed E-state index contributed by atoms with van der Waals surface area (Å²) in [5.41, 5.74) is 0.977. The molecule has 1 unspecified atom stereocenters. The second-order valence-corrected chi connectivity index (χ2v) is 5.58. The SMILES string of the molecule is CC.CC1COC(c2ccccc2[N-]S(C)(=O)=O)=N1.[CH3-].[CH3-].[Cr+3]. The van der Waals surface area contributed by atoms with Gasteiger partial charge in [0.05, 0.1) is 16.1 Å². The van der Waals surface area contributed by atoms with Gasteiger partial charge in [0.2, 0.25) is 5.90 Å². The molecule has 1 aliphatic rings. The number of benzene rings is 1. The zero-order chi connectivity index (χ0) is 14.5. The van der Waals surface area contributed by atoms with Crippen LogP contribution in [0.15, 0.2) is 29.3 Å². The summed E-state index contributed by atoms with van der Waals surface area (Å²) in [5.74, 6) is 0.459. The summed E-state index contributed by atoms with van der Waals surface area (Å²) >= 11 is 0. The largest absolute Gasteiger partial charge is 3.00 e. The maximum absolute atomic E-state index is 11.2. The average Bonchev–Trinajstić information content (AvgIpc) is 2.77. The smallest absolute Gasteiger partial charge is 0.576 e. The van der Waals surface area contributed by atoms with Gasteiger partial charge in [0.1, 0.15) is 6.61 Å². The third kappa shape index (κ3) is 7.83. The van der Waals surface area contributed by atoms with E-state index in [4.69, 9.17) is 4.74 Å². The van der Waals surface area contributed by atoms with Crippen LogP contribution in [0.3, 0.4) is 0 Å². The van der Waals surface area contributed by atoms with E-state index in [1.165, 1.54) is 0 Å². The molecule has 1 atom stereocenters. The Bertz CT molecular complexity index is 560. The Labute approximate surface area is 146 Å². The summed E-state index contributed by atoms with van der Waals surface area (Å²) in [6.07, 6.45) is 1.06. The number of nitrogens with zero attached hydrogens (tertiary/aromatic N) is 2. The summed E-state index contributed by atoms with van der Waals surface area (Å²) in [6, 6.07) is 7.00. The van der Waals surface area contributed by atoms with Crippen molar-refractivity contribution in [3.8, 4) is 0 Å². The van der Waals surface area contributed by atoms with Gasteiger partial charge >= 0.3 is 17.4 Å². The molecule has 7 heteroatoms. The first-order valence-corrected chi connectivity index (χ1v) is 8.03. The fourth-order valence-electron chi connectivity index (χ4n) is 1.53. The Morgan fingerprint density at radius 2 is 1.77 bits per heavy atom. The van der Waals surface area contributed by atoms with Crippen LogP contribution in [0.4, 0.5) is 5.69 Å². The molecule has 1 aromatic carbocycles. The van der Waals surface area contributed by atoms with Gasteiger partial charge in [-0.2, -0.15) is 0 Å². The van der Waals surface area contributed by atoms with Crippen LogP contribution in [0.5, 0.6) is 0 Å². The molecule has 0 saturated carbocycles. The average molecular weight is 365 g/mol. The second-order valence-electron chi connectivity index (χ2n) is 3.94. The molecule has 0 amide bonds. The van der Waals surface area contributed by atoms with E-state index in [-0.39, 0.29) is 38.3 Å². The van der Waals surface area contributed by atoms with Gasteiger partial charge in [-0.3, -0.25) is 0 Å². The molecule has 1 heterocycles. The van der Waals surface area contributed by atoms with Gasteiger partial charge in [0, 0.05) is 11.8 Å². The third-order valence-electron chi connectivity index (χ3n) is 2.20. The van der Waals surface area contributed by atoms with Crippen LogP contribution < -0.4 is 0 Å². The van der Waals surface area contributed by atoms with Crippen molar-refractivity contribution in [2.75, 3.05) is 12.9 Å². The maximum Gasteiger partial charge on any atom is 3.00 e. The first kappa shape index (κ1) is 25.9. The van der Waals surface area contributed by atoms with E-state index in [0.717, 1.165) is 6.26 Å². The van der Waals surface area contributed by atoms with Crippen molar-refractivity contribution in [3.63, 3.8) is 0 Å². The van der Waals surface area contributed by atoms with E-state index >= 15 is 0 Å². The fourth-order valence-corrected chi connectivity index (χ4v) is 2.05. The van der Waals surface area contributed by atoms with E-state index in [2.05, 4.69) is 9.71 Å². The van der Waals surface area contributed by atoms with Crippen molar-refractivity contribution in [1.29, 1.82) is 0 Å². The minimum absolute atomic E-state index is 0. The van der Waals surface area contributed by atoms with Gasteiger partial charge in [-0.05, 0) is 6.92 Å². The summed E-state index contributed by atoms with van der Waals surface area (Å²) in [7, 11) is -3.43. The Morgan fingerprint density at radius 1 is 1.23 bits per heavy atom. The van der Waals surface area contributed by atoms with Gasteiger partial charge in [-0.25, -0.2) is 13.4 Å². The number of sulfonamides is 1. The van der Waals surface area contributed by atoms with Gasteiger partial charge in [-0.15, -0.1) is 5.69 Å². The van der Waals surface area contributed by atoms with Crippen LogP contribution in [0.2, 0.25) is 0 Å². The molecule has 0 spiro atoms. The first-order valence-electron chi connectivity index (χ1n) is 6.19. The van der Waals surface area contributed by atoms with E-state index in [1.54, 1.807) is 24.3 Å². The van der Waals surface area contributed by atoms with Crippen molar-refractivity contribution in [2.45, 2.75) is 26.8 Å². The molecular weight excluding hydrogens is 340 g/mol. The Kier molecular flexibility index (Phi) is 13.6. The molecular formula is C15H25CrN2O3S. The first-order chi connectivity index (χ1) is 8.96. The van der Waals surface area contributed by atoms with E-state index in [9.17, 15) is 8.42 Å². The molecule has 0 aliphatic carbocycles. The van der Waals surface area contributed by atoms with Crippen LogP contribution in [-0.2, 0) is 32.1 Å². The molecule has 0 N–H and O–H groups in total. The monoisotopic (exact) mass is 365 g/mol. The molecule has 0 fully saturated rings. The summed E-state index contributed by atoms with van der Waals surface area (Å²) in [4.78, 5) is 4.29. The molecule has 125 valence electrons. The quantitative estimate of drug-likeness (QED) is 0.766. The number of ether oxygens (including phenoxy) is 1. The summed E-state index contributed by atoms with van der Waals surface area (Å²) < 4.78 is 31.4. The molecule has 2 rings (SSSR count). The van der Waals surface area contributed by atoms with Crippen LogP contribution in [0, 0.1) is 14.9 Å².